The Morgan fingerprint density at radius 3 is 2.72 bits per heavy atom. The highest BCUT2D eigenvalue weighted by molar-refractivity contribution is 7.89. The van der Waals surface area contributed by atoms with Crippen molar-refractivity contribution in [3.05, 3.63) is 51.2 Å². The van der Waals surface area contributed by atoms with Gasteiger partial charge in [0.05, 0.1) is 4.90 Å². The van der Waals surface area contributed by atoms with E-state index < -0.39 is 10.0 Å². The van der Waals surface area contributed by atoms with E-state index in [4.69, 9.17) is 11.6 Å². The molecular formula is C18H23ClN2O2S2. The summed E-state index contributed by atoms with van der Waals surface area (Å²) in [7, 11) is -3.51. The standard InChI is InChI=1S/C18H23ClN2O2S2/c1-14-17(19)3-2-4-18(14)25(22,23)20-11-15-5-8-21(9-6-15)12-16-7-10-24-13-16/h2-4,7,10,13,15,20H,5-6,8-9,11-12H2,1H3. The molecule has 4 nitrogen and oxygen atoms in total. The van der Waals surface area contributed by atoms with Crippen molar-refractivity contribution in [2.45, 2.75) is 31.2 Å². The monoisotopic (exact) mass is 398 g/mol. The minimum absolute atomic E-state index is 0.273. The zero-order valence-electron chi connectivity index (χ0n) is 14.2. The average Bonchev–Trinajstić information content (AvgIpc) is 3.10. The molecule has 1 aliphatic heterocycles. The Bertz CT molecular complexity index is 798. The van der Waals surface area contributed by atoms with Crippen LogP contribution in [0.4, 0.5) is 0 Å². The van der Waals surface area contributed by atoms with Gasteiger partial charge in [0, 0.05) is 18.1 Å². The van der Waals surface area contributed by atoms with E-state index in [1.54, 1.807) is 36.5 Å². The minimum atomic E-state index is -3.51. The molecule has 7 heteroatoms. The topological polar surface area (TPSA) is 49.4 Å². The molecule has 0 aliphatic carbocycles. The van der Waals surface area contributed by atoms with Crippen LogP contribution in [0.15, 0.2) is 39.9 Å². The number of benzene rings is 1. The Kier molecular flexibility index (Phi) is 6.17. The molecule has 0 radical (unpaired) electrons. The third-order valence-corrected chi connectivity index (χ3v) is 7.47. The van der Waals surface area contributed by atoms with Crippen LogP contribution in [0.1, 0.15) is 24.0 Å². The largest absolute Gasteiger partial charge is 0.299 e. The van der Waals surface area contributed by atoms with Gasteiger partial charge in [-0.15, -0.1) is 0 Å². The van der Waals surface area contributed by atoms with E-state index in [1.807, 2.05) is 0 Å². The number of hydrogen-bond donors (Lipinski definition) is 1. The van der Waals surface area contributed by atoms with E-state index >= 15 is 0 Å². The molecule has 3 rings (SSSR count). The van der Waals surface area contributed by atoms with Gasteiger partial charge in [0.2, 0.25) is 10.0 Å². The Morgan fingerprint density at radius 1 is 1.28 bits per heavy atom. The van der Waals surface area contributed by atoms with Gasteiger partial charge in [0.25, 0.3) is 0 Å². The zero-order valence-corrected chi connectivity index (χ0v) is 16.6. The number of thiophene rings is 1. The van der Waals surface area contributed by atoms with Gasteiger partial charge in [0.1, 0.15) is 0 Å². The second-order valence-corrected chi connectivity index (χ2v) is 9.49. The summed E-state index contributed by atoms with van der Waals surface area (Å²) in [5, 5.41) is 4.77. The molecule has 25 heavy (non-hydrogen) atoms. The van der Waals surface area contributed by atoms with Crippen LogP contribution in [0, 0.1) is 12.8 Å². The molecule has 136 valence electrons. The Balaban J connectivity index is 1.51. The van der Waals surface area contributed by atoms with E-state index in [1.165, 1.54) is 5.56 Å². The lowest BCUT2D eigenvalue weighted by Crippen LogP contribution is -2.38. The second kappa shape index (κ2) is 8.18. The van der Waals surface area contributed by atoms with Gasteiger partial charge < -0.3 is 0 Å². The van der Waals surface area contributed by atoms with E-state index in [0.717, 1.165) is 32.5 Å². The lowest BCUT2D eigenvalue weighted by molar-refractivity contribution is 0.179. The summed E-state index contributed by atoms with van der Waals surface area (Å²) < 4.78 is 27.9. The molecular weight excluding hydrogens is 376 g/mol. The van der Waals surface area contributed by atoms with Gasteiger partial charge in [-0.05, 0) is 78.9 Å². The van der Waals surface area contributed by atoms with Crippen molar-refractivity contribution in [1.82, 2.24) is 9.62 Å². The normalized spacial score (nSPS) is 17.0. The first kappa shape index (κ1) is 18.9. The van der Waals surface area contributed by atoms with Crippen LogP contribution in [-0.2, 0) is 16.6 Å². The van der Waals surface area contributed by atoms with Crippen molar-refractivity contribution in [1.29, 1.82) is 0 Å². The number of hydrogen-bond acceptors (Lipinski definition) is 4. The highest BCUT2D eigenvalue weighted by atomic mass is 35.5. The number of nitrogens with zero attached hydrogens (tertiary/aromatic N) is 1. The molecule has 0 saturated carbocycles. The molecule has 2 aromatic rings. The van der Waals surface area contributed by atoms with Crippen molar-refractivity contribution < 1.29 is 8.42 Å². The van der Waals surface area contributed by atoms with Crippen LogP contribution in [0.5, 0.6) is 0 Å². The van der Waals surface area contributed by atoms with Crippen LogP contribution in [-0.4, -0.2) is 33.0 Å². The van der Waals surface area contributed by atoms with Crippen molar-refractivity contribution >= 4 is 33.0 Å². The molecule has 0 bridgehead atoms. The summed E-state index contributed by atoms with van der Waals surface area (Å²) >= 11 is 7.77. The lowest BCUT2D eigenvalue weighted by Gasteiger charge is -2.31. The highest BCUT2D eigenvalue weighted by Crippen LogP contribution is 2.24. The second-order valence-electron chi connectivity index (χ2n) is 6.57. The fourth-order valence-corrected chi connectivity index (χ4v) is 5.45. The smallest absolute Gasteiger partial charge is 0.240 e. The molecule has 1 aliphatic rings. The minimum Gasteiger partial charge on any atom is -0.299 e. The van der Waals surface area contributed by atoms with Crippen LogP contribution in [0.3, 0.4) is 0 Å². The van der Waals surface area contributed by atoms with Crippen LogP contribution >= 0.6 is 22.9 Å². The quantitative estimate of drug-likeness (QED) is 0.802. The van der Waals surface area contributed by atoms with Crippen molar-refractivity contribution in [2.24, 2.45) is 5.92 Å². The summed E-state index contributed by atoms with van der Waals surface area (Å²) in [6.07, 6.45) is 2.03. The number of nitrogens with one attached hydrogen (secondary N) is 1. The fraction of sp³-hybridized carbons (Fsp3) is 0.444. The van der Waals surface area contributed by atoms with Gasteiger partial charge in [-0.3, -0.25) is 4.90 Å². The summed E-state index contributed by atoms with van der Waals surface area (Å²) in [6, 6.07) is 7.15. The Hall–Kier alpha value is -0.920. The SMILES string of the molecule is Cc1c(Cl)cccc1S(=O)(=O)NCC1CCN(Cc2ccsc2)CC1. The van der Waals surface area contributed by atoms with Crippen molar-refractivity contribution in [2.75, 3.05) is 19.6 Å². The number of halogens is 1. The van der Waals surface area contributed by atoms with E-state index in [2.05, 4.69) is 26.4 Å². The summed E-state index contributed by atoms with van der Waals surface area (Å²) in [5.74, 6) is 0.382. The molecule has 1 saturated heterocycles. The third-order valence-electron chi connectivity index (χ3n) is 4.76. The number of likely N-dealkylation sites (tertiary alicyclic amines) is 1. The maximum Gasteiger partial charge on any atom is 0.240 e. The van der Waals surface area contributed by atoms with Gasteiger partial charge >= 0.3 is 0 Å². The first-order chi connectivity index (χ1) is 12.0. The van der Waals surface area contributed by atoms with Crippen LogP contribution in [0.25, 0.3) is 0 Å². The Morgan fingerprint density at radius 2 is 2.04 bits per heavy atom. The van der Waals surface area contributed by atoms with Gasteiger partial charge in [0.15, 0.2) is 0 Å². The number of rotatable bonds is 6. The molecule has 1 aromatic carbocycles. The van der Waals surface area contributed by atoms with Gasteiger partial charge in [-0.2, -0.15) is 11.3 Å². The lowest BCUT2D eigenvalue weighted by atomic mass is 9.97. The van der Waals surface area contributed by atoms with Crippen molar-refractivity contribution in [3.63, 3.8) is 0 Å². The average molecular weight is 399 g/mol. The van der Waals surface area contributed by atoms with Crippen molar-refractivity contribution in [3.8, 4) is 0 Å². The Labute approximate surface area is 158 Å². The van der Waals surface area contributed by atoms with Gasteiger partial charge in [-0.25, -0.2) is 13.1 Å². The summed E-state index contributed by atoms with van der Waals surface area (Å²) in [6.45, 7) is 5.24. The van der Waals surface area contributed by atoms with Gasteiger partial charge in [-0.1, -0.05) is 17.7 Å². The third kappa shape index (κ3) is 4.83. The molecule has 1 aromatic heterocycles. The first-order valence-electron chi connectivity index (χ1n) is 8.44. The molecule has 0 amide bonds. The highest BCUT2D eigenvalue weighted by Gasteiger charge is 2.23. The molecule has 1 fully saturated rings. The molecule has 0 atom stereocenters. The summed E-state index contributed by atoms with van der Waals surface area (Å²) in [4.78, 5) is 2.71. The zero-order chi connectivity index (χ0) is 17.9. The van der Waals surface area contributed by atoms with E-state index in [-0.39, 0.29) is 4.90 Å². The number of piperidine rings is 1. The predicted octanol–water partition coefficient (Wildman–Crippen LogP) is 3.90. The molecule has 2 heterocycles. The molecule has 0 spiro atoms. The van der Waals surface area contributed by atoms with Crippen LogP contribution in [0.2, 0.25) is 5.02 Å². The molecule has 1 N–H and O–H groups in total. The molecule has 0 unspecified atom stereocenters. The maximum absolute atomic E-state index is 12.5. The van der Waals surface area contributed by atoms with Crippen LogP contribution < -0.4 is 4.72 Å². The van der Waals surface area contributed by atoms with E-state index in [9.17, 15) is 8.42 Å². The predicted molar refractivity (Wildman–Crippen MR) is 104 cm³/mol. The summed E-state index contributed by atoms with van der Waals surface area (Å²) in [5.41, 5.74) is 1.96. The maximum atomic E-state index is 12.5. The van der Waals surface area contributed by atoms with E-state index in [0.29, 0.717) is 23.0 Å². The fourth-order valence-electron chi connectivity index (χ4n) is 3.17. The number of sulfonamides is 1. The first-order valence-corrected chi connectivity index (χ1v) is 11.2.